The second kappa shape index (κ2) is 11.6. The number of rotatable bonds is 9. The first kappa shape index (κ1) is 24.4. The summed E-state index contributed by atoms with van der Waals surface area (Å²) in [6.45, 7) is 0.178. The SMILES string of the molecule is O=C(O)Cc1cccc(-c2cc(C(=O)OCc3ccccc3)cc(C(=O)OCc3ccccc3)c2)c1. The van der Waals surface area contributed by atoms with Crippen molar-refractivity contribution in [3.05, 3.63) is 131 Å². The Bertz CT molecular complexity index is 1290. The summed E-state index contributed by atoms with van der Waals surface area (Å²) < 4.78 is 11.0. The third kappa shape index (κ3) is 6.67. The van der Waals surface area contributed by atoms with Crippen LogP contribution in [0.3, 0.4) is 0 Å². The highest BCUT2D eigenvalue weighted by atomic mass is 16.5. The van der Waals surface area contributed by atoms with E-state index in [4.69, 9.17) is 14.6 Å². The van der Waals surface area contributed by atoms with Crippen molar-refractivity contribution in [1.82, 2.24) is 0 Å². The Hall–Kier alpha value is -4.71. The molecule has 0 amide bonds. The molecule has 0 atom stereocenters. The summed E-state index contributed by atoms with van der Waals surface area (Å²) in [7, 11) is 0. The molecule has 0 radical (unpaired) electrons. The molecule has 0 heterocycles. The van der Waals surface area contributed by atoms with Crippen LogP contribution in [0.1, 0.15) is 37.4 Å². The van der Waals surface area contributed by atoms with Crippen LogP contribution in [0.4, 0.5) is 0 Å². The molecule has 4 aromatic rings. The first-order valence-electron chi connectivity index (χ1n) is 11.4. The van der Waals surface area contributed by atoms with Crippen molar-refractivity contribution in [2.45, 2.75) is 19.6 Å². The third-order valence-corrected chi connectivity index (χ3v) is 5.45. The molecule has 0 spiro atoms. The molecule has 0 fully saturated rings. The Kier molecular flexibility index (Phi) is 7.88. The summed E-state index contributed by atoms with van der Waals surface area (Å²) in [4.78, 5) is 37.0. The molecule has 0 aliphatic carbocycles. The number of aliphatic carboxylic acids is 1. The molecule has 36 heavy (non-hydrogen) atoms. The van der Waals surface area contributed by atoms with Crippen molar-refractivity contribution < 1.29 is 29.0 Å². The van der Waals surface area contributed by atoms with Crippen molar-refractivity contribution in [2.24, 2.45) is 0 Å². The number of ether oxygens (including phenoxy) is 2. The van der Waals surface area contributed by atoms with E-state index in [0.717, 1.165) is 11.1 Å². The molecule has 6 heteroatoms. The predicted molar refractivity (Wildman–Crippen MR) is 134 cm³/mol. The van der Waals surface area contributed by atoms with Crippen molar-refractivity contribution in [3.63, 3.8) is 0 Å². The third-order valence-electron chi connectivity index (χ3n) is 5.45. The van der Waals surface area contributed by atoms with Gasteiger partial charge in [-0.05, 0) is 46.0 Å². The van der Waals surface area contributed by atoms with Crippen molar-refractivity contribution in [3.8, 4) is 11.1 Å². The van der Waals surface area contributed by atoms with Crippen LogP contribution in [0.2, 0.25) is 0 Å². The van der Waals surface area contributed by atoms with E-state index < -0.39 is 17.9 Å². The minimum atomic E-state index is -0.949. The summed E-state index contributed by atoms with van der Waals surface area (Å²) in [6.07, 6.45) is -0.140. The smallest absolute Gasteiger partial charge is 0.338 e. The molecule has 180 valence electrons. The lowest BCUT2D eigenvalue weighted by atomic mass is 9.97. The average Bonchev–Trinajstić information content (AvgIpc) is 2.91. The van der Waals surface area contributed by atoms with Crippen LogP contribution in [-0.2, 0) is 33.9 Å². The van der Waals surface area contributed by atoms with Crippen LogP contribution in [0.15, 0.2) is 103 Å². The molecular weight excluding hydrogens is 456 g/mol. The maximum Gasteiger partial charge on any atom is 0.338 e. The normalized spacial score (nSPS) is 10.4. The van der Waals surface area contributed by atoms with E-state index in [9.17, 15) is 14.4 Å². The van der Waals surface area contributed by atoms with Gasteiger partial charge in [0.1, 0.15) is 13.2 Å². The average molecular weight is 481 g/mol. The molecule has 0 saturated carbocycles. The summed E-state index contributed by atoms with van der Waals surface area (Å²) in [5.74, 6) is -2.12. The second-order valence-corrected chi connectivity index (χ2v) is 8.19. The van der Waals surface area contributed by atoms with Gasteiger partial charge in [0.25, 0.3) is 0 Å². The molecule has 0 aliphatic heterocycles. The Labute approximate surface area is 208 Å². The summed E-state index contributed by atoms with van der Waals surface area (Å²) in [5.41, 5.74) is 3.91. The van der Waals surface area contributed by atoms with Crippen molar-refractivity contribution in [1.29, 1.82) is 0 Å². The van der Waals surface area contributed by atoms with Gasteiger partial charge in [0.2, 0.25) is 0 Å². The number of hydrogen-bond donors (Lipinski definition) is 1. The number of benzene rings is 4. The molecule has 0 unspecified atom stereocenters. The molecule has 0 saturated heterocycles. The first-order valence-corrected chi connectivity index (χ1v) is 11.4. The molecule has 4 rings (SSSR count). The lowest BCUT2D eigenvalue weighted by Crippen LogP contribution is -2.10. The number of carbonyl (C=O) groups excluding carboxylic acids is 2. The largest absolute Gasteiger partial charge is 0.481 e. The van der Waals surface area contributed by atoms with Crippen LogP contribution in [-0.4, -0.2) is 23.0 Å². The number of carbonyl (C=O) groups is 3. The van der Waals surface area contributed by atoms with E-state index in [-0.39, 0.29) is 30.8 Å². The molecule has 0 bridgehead atoms. The summed E-state index contributed by atoms with van der Waals surface area (Å²) in [5, 5.41) is 9.15. The Morgan fingerprint density at radius 3 is 1.56 bits per heavy atom. The van der Waals surface area contributed by atoms with Crippen LogP contribution in [0.25, 0.3) is 11.1 Å². The van der Waals surface area contributed by atoms with Crippen molar-refractivity contribution in [2.75, 3.05) is 0 Å². The van der Waals surface area contributed by atoms with Gasteiger partial charge in [0.15, 0.2) is 0 Å². The van der Waals surface area contributed by atoms with Crippen LogP contribution in [0.5, 0.6) is 0 Å². The topological polar surface area (TPSA) is 89.9 Å². The number of carboxylic acid groups (broad SMARTS) is 1. The molecule has 4 aromatic carbocycles. The minimum absolute atomic E-state index is 0.0891. The Balaban J connectivity index is 1.62. The van der Waals surface area contributed by atoms with Gasteiger partial charge < -0.3 is 14.6 Å². The first-order chi connectivity index (χ1) is 17.5. The fraction of sp³-hybridized carbons (Fsp3) is 0.100. The van der Waals surface area contributed by atoms with Crippen LogP contribution >= 0.6 is 0 Å². The van der Waals surface area contributed by atoms with E-state index in [2.05, 4.69) is 0 Å². The lowest BCUT2D eigenvalue weighted by Gasteiger charge is -2.11. The van der Waals surface area contributed by atoms with Crippen LogP contribution in [0, 0.1) is 0 Å². The summed E-state index contributed by atoms with van der Waals surface area (Å²) >= 11 is 0. The van der Waals surface area contributed by atoms with Gasteiger partial charge in [-0.15, -0.1) is 0 Å². The quantitative estimate of drug-likeness (QED) is 0.309. The van der Waals surface area contributed by atoms with E-state index in [1.54, 1.807) is 36.4 Å². The fourth-order valence-corrected chi connectivity index (χ4v) is 3.68. The monoisotopic (exact) mass is 480 g/mol. The highest BCUT2D eigenvalue weighted by Gasteiger charge is 2.17. The number of hydrogen-bond acceptors (Lipinski definition) is 5. The zero-order valence-electron chi connectivity index (χ0n) is 19.4. The van der Waals surface area contributed by atoms with Gasteiger partial charge in [0, 0.05) is 0 Å². The van der Waals surface area contributed by atoms with Gasteiger partial charge in [0.05, 0.1) is 17.5 Å². The summed E-state index contributed by atoms with van der Waals surface area (Å²) in [6, 6.07) is 30.2. The molecule has 1 N–H and O–H groups in total. The minimum Gasteiger partial charge on any atom is -0.481 e. The second-order valence-electron chi connectivity index (χ2n) is 8.19. The molecule has 0 aliphatic rings. The number of esters is 2. The maximum absolute atomic E-state index is 12.9. The van der Waals surface area contributed by atoms with E-state index in [1.807, 2.05) is 60.7 Å². The highest BCUT2D eigenvalue weighted by molar-refractivity contribution is 5.97. The van der Waals surface area contributed by atoms with Gasteiger partial charge in [-0.1, -0.05) is 84.9 Å². The Morgan fingerprint density at radius 1 is 0.556 bits per heavy atom. The lowest BCUT2D eigenvalue weighted by molar-refractivity contribution is -0.136. The van der Waals surface area contributed by atoms with E-state index in [1.165, 1.54) is 6.07 Å². The molecular formula is C30H24O6. The molecule has 6 nitrogen and oxygen atoms in total. The highest BCUT2D eigenvalue weighted by Crippen LogP contribution is 2.25. The van der Waals surface area contributed by atoms with Gasteiger partial charge >= 0.3 is 17.9 Å². The zero-order chi connectivity index (χ0) is 25.3. The van der Waals surface area contributed by atoms with E-state index in [0.29, 0.717) is 16.7 Å². The van der Waals surface area contributed by atoms with Crippen molar-refractivity contribution >= 4 is 17.9 Å². The van der Waals surface area contributed by atoms with E-state index >= 15 is 0 Å². The van der Waals surface area contributed by atoms with Crippen LogP contribution < -0.4 is 0 Å². The van der Waals surface area contributed by atoms with Gasteiger partial charge in [-0.2, -0.15) is 0 Å². The van der Waals surface area contributed by atoms with Gasteiger partial charge in [-0.3, -0.25) is 4.79 Å². The molecule has 0 aromatic heterocycles. The fourth-order valence-electron chi connectivity index (χ4n) is 3.68. The maximum atomic E-state index is 12.9. The zero-order valence-corrected chi connectivity index (χ0v) is 19.4. The Morgan fingerprint density at radius 2 is 1.06 bits per heavy atom. The predicted octanol–water partition coefficient (Wildman–Crippen LogP) is 5.69. The number of carboxylic acids is 1. The van der Waals surface area contributed by atoms with Gasteiger partial charge in [-0.25, -0.2) is 9.59 Å². The standard InChI is InChI=1S/C30H24O6/c31-28(32)15-23-12-7-13-24(14-23)25-16-26(29(33)35-19-21-8-3-1-4-9-21)18-27(17-25)30(34)36-20-22-10-5-2-6-11-22/h1-14,16-18H,15,19-20H2,(H,31,32).